The number of halogens is 1. The van der Waals surface area contributed by atoms with Crippen molar-refractivity contribution < 1.29 is 9.13 Å². The van der Waals surface area contributed by atoms with Crippen LogP contribution in [0.15, 0.2) is 105 Å². The molecule has 0 saturated heterocycles. The van der Waals surface area contributed by atoms with E-state index in [4.69, 9.17) is 4.74 Å². The lowest BCUT2D eigenvalue weighted by molar-refractivity contribution is 0.140. The molecule has 0 N–H and O–H groups in total. The molecule has 0 spiro atoms. The Morgan fingerprint density at radius 3 is 1.76 bits per heavy atom. The molecule has 0 fully saturated rings. The van der Waals surface area contributed by atoms with Gasteiger partial charge in [0.2, 0.25) is 0 Å². The second-order valence-corrected chi connectivity index (χ2v) is 9.79. The van der Waals surface area contributed by atoms with Crippen LogP contribution in [0.5, 0.6) is 5.75 Å². The zero-order valence-electron chi connectivity index (χ0n) is 17.7. The van der Waals surface area contributed by atoms with Gasteiger partial charge < -0.3 is 4.74 Å². The summed E-state index contributed by atoms with van der Waals surface area (Å²) in [5.74, 6) is -0.0504. The van der Waals surface area contributed by atoms with Gasteiger partial charge in [-0.1, -0.05) is 42.0 Å². The van der Waals surface area contributed by atoms with Gasteiger partial charge in [0.15, 0.2) is 26.3 Å². The molecule has 3 rings (SSSR count). The molecule has 0 saturated carbocycles. The Hall–Kier alpha value is -2.52. The standard InChI is InChI=1S/C26H28FOS/c1-19(2)20(3)26(4,5)28-25-18-23(16-17-24(25)27)29(21-12-8-6-9-13-21)22-14-10-7-11-15-22/h6-18H,1-5H3/q+1. The minimum atomic E-state index is -0.587. The predicted molar refractivity (Wildman–Crippen MR) is 120 cm³/mol. The van der Waals surface area contributed by atoms with Crippen molar-refractivity contribution in [2.24, 2.45) is 0 Å². The van der Waals surface area contributed by atoms with Gasteiger partial charge in [-0.25, -0.2) is 4.39 Å². The molecule has 0 aliphatic carbocycles. The molecule has 29 heavy (non-hydrogen) atoms. The minimum absolute atomic E-state index is 0.289. The Balaban J connectivity index is 2.07. The number of hydrogen-bond donors (Lipinski definition) is 0. The second kappa shape index (κ2) is 8.87. The molecule has 0 unspecified atom stereocenters. The fourth-order valence-electron chi connectivity index (χ4n) is 3.16. The maximum Gasteiger partial charge on any atom is 0.170 e. The van der Waals surface area contributed by atoms with E-state index in [2.05, 4.69) is 38.1 Å². The van der Waals surface area contributed by atoms with Crippen molar-refractivity contribution in [3.63, 3.8) is 0 Å². The fraction of sp³-hybridized carbons (Fsp3) is 0.231. The molecule has 0 aliphatic rings. The van der Waals surface area contributed by atoms with Gasteiger partial charge in [0.05, 0.1) is 10.9 Å². The fourth-order valence-corrected chi connectivity index (χ4v) is 5.27. The molecule has 0 heterocycles. The summed E-state index contributed by atoms with van der Waals surface area (Å²) >= 11 is 0. The average Bonchev–Trinajstić information content (AvgIpc) is 2.71. The smallest absolute Gasteiger partial charge is 0.170 e. The van der Waals surface area contributed by atoms with Gasteiger partial charge in [-0.3, -0.25) is 0 Å². The lowest BCUT2D eigenvalue weighted by atomic mass is 9.95. The quantitative estimate of drug-likeness (QED) is 0.305. The van der Waals surface area contributed by atoms with E-state index in [0.29, 0.717) is 0 Å². The lowest BCUT2D eigenvalue weighted by Crippen LogP contribution is -2.30. The third-order valence-electron chi connectivity index (χ3n) is 5.11. The van der Waals surface area contributed by atoms with Gasteiger partial charge in [0, 0.05) is 6.07 Å². The molecule has 0 aromatic heterocycles. The average molecular weight is 408 g/mol. The molecule has 3 aromatic carbocycles. The van der Waals surface area contributed by atoms with Crippen LogP contribution in [0.4, 0.5) is 4.39 Å². The van der Waals surface area contributed by atoms with E-state index in [1.807, 2.05) is 69.3 Å². The Labute approximate surface area is 176 Å². The first-order chi connectivity index (χ1) is 13.8. The first kappa shape index (κ1) is 21.2. The van der Waals surface area contributed by atoms with Crippen molar-refractivity contribution in [1.82, 2.24) is 0 Å². The molecular formula is C26H28FOS+. The Morgan fingerprint density at radius 2 is 1.28 bits per heavy atom. The van der Waals surface area contributed by atoms with Gasteiger partial charge in [0.1, 0.15) is 5.60 Å². The number of benzene rings is 3. The minimum Gasteiger partial charge on any atom is -0.480 e. The van der Waals surface area contributed by atoms with Crippen molar-refractivity contribution in [2.75, 3.05) is 0 Å². The number of allylic oxidation sites excluding steroid dienone is 1. The van der Waals surface area contributed by atoms with Gasteiger partial charge in [0.25, 0.3) is 0 Å². The summed E-state index contributed by atoms with van der Waals surface area (Å²) in [7, 11) is -0.340. The van der Waals surface area contributed by atoms with Crippen molar-refractivity contribution in [3.8, 4) is 5.75 Å². The van der Waals surface area contributed by atoms with E-state index in [1.165, 1.54) is 21.4 Å². The van der Waals surface area contributed by atoms with E-state index in [9.17, 15) is 4.39 Å². The topological polar surface area (TPSA) is 9.23 Å². The van der Waals surface area contributed by atoms with Crippen LogP contribution in [0.3, 0.4) is 0 Å². The zero-order chi connectivity index (χ0) is 21.0. The normalized spacial score (nSPS) is 11.4. The van der Waals surface area contributed by atoms with Crippen LogP contribution in [0.1, 0.15) is 34.6 Å². The van der Waals surface area contributed by atoms with Crippen LogP contribution < -0.4 is 4.74 Å². The van der Waals surface area contributed by atoms with Crippen LogP contribution in [0, 0.1) is 5.82 Å². The lowest BCUT2D eigenvalue weighted by Gasteiger charge is -2.29. The first-order valence-electron chi connectivity index (χ1n) is 9.77. The Morgan fingerprint density at radius 1 is 0.759 bits per heavy atom. The van der Waals surface area contributed by atoms with Gasteiger partial charge in [-0.2, -0.15) is 0 Å². The highest BCUT2D eigenvalue weighted by Crippen LogP contribution is 2.35. The highest BCUT2D eigenvalue weighted by atomic mass is 32.2. The molecule has 0 radical (unpaired) electrons. The maximum absolute atomic E-state index is 14.7. The predicted octanol–water partition coefficient (Wildman–Crippen LogP) is 7.43. The summed E-state index contributed by atoms with van der Waals surface area (Å²) in [5.41, 5.74) is 1.70. The van der Waals surface area contributed by atoms with Crippen LogP contribution in [-0.2, 0) is 10.9 Å². The number of hydrogen-bond acceptors (Lipinski definition) is 1. The molecule has 3 aromatic rings. The maximum atomic E-state index is 14.7. The number of ether oxygens (including phenoxy) is 1. The summed E-state index contributed by atoms with van der Waals surface area (Å²) in [4.78, 5) is 3.41. The molecule has 0 bridgehead atoms. The Kier molecular flexibility index (Phi) is 6.49. The SMILES string of the molecule is CC(C)=C(C)C(C)(C)Oc1cc([S+](c2ccccc2)c2ccccc2)ccc1F. The van der Waals surface area contributed by atoms with Crippen molar-refractivity contribution in [2.45, 2.75) is 54.9 Å². The van der Waals surface area contributed by atoms with Crippen molar-refractivity contribution in [3.05, 3.63) is 95.8 Å². The van der Waals surface area contributed by atoms with E-state index in [-0.39, 0.29) is 22.5 Å². The number of rotatable bonds is 6. The van der Waals surface area contributed by atoms with E-state index >= 15 is 0 Å². The molecule has 0 amide bonds. The van der Waals surface area contributed by atoms with Crippen LogP contribution in [-0.4, -0.2) is 5.60 Å². The van der Waals surface area contributed by atoms with E-state index < -0.39 is 5.60 Å². The van der Waals surface area contributed by atoms with E-state index in [0.717, 1.165) is 10.5 Å². The largest absolute Gasteiger partial charge is 0.480 e. The van der Waals surface area contributed by atoms with Crippen LogP contribution >= 0.6 is 0 Å². The zero-order valence-corrected chi connectivity index (χ0v) is 18.5. The van der Waals surface area contributed by atoms with E-state index in [1.54, 1.807) is 0 Å². The van der Waals surface area contributed by atoms with Crippen LogP contribution in [0.25, 0.3) is 0 Å². The van der Waals surface area contributed by atoms with Gasteiger partial charge in [-0.15, -0.1) is 0 Å². The summed E-state index contributed by atoms with van der Waals surface area (Å²) in [6.45, 7) is 10.1. The third kappa shape index (κ3) is 4.91. The molecule has 0 aliphatic heterocycles. The third-order valence-corrected chi connectivity index (χ3v) is 7.33. The molecular weight excluding hydrogens is 379 g/mol. The molecule has 150 valence electrons. The highest BCUT2D eigenvalue weighted by Gasteiger charge is 2.31. The second-order valence-electron chi connectivity index (χ2n) is 7.76. The first-order valence-corrected chi connectivity index (χ1v) is 11.0. The van der Waals surface area contributed by atoms with Gasteiger partial charge >= 0.3 is 0 Å². The van der Waals surface area contributed by atoms with Crippen LogP contribution in [0.2, 0.25) is 0 Å². The Bertz CT molecular complexity index is 950. The molecule has 3 heteroatoms. The van der Waals surface area contributed by atoms with Gasteiger partial charge in [-0.05, 0) is 76.6 Å². The summed E-state index contributed by atoms with van der Waals surface area (Å²) < 4.78 is 20.9. The van der Waals surface area contributed by atoms with Crippen molar-refractivity contribution in [1.29, 1.82) is 0 Å². The molecule has 1 nitrogen and oxygen atoms in total. The highest BCUT2D eigenvalue weighted by molar-refractivity contribution is 7.97. The molecule has 0 atom stereocenters. The summed E-state index contributed by atoms with van der Waals surface area (Å²) in [6.07, 6.45) is 0. The van der Waals surface area contributed by atoms with Crippen molar-refractivity contribution >= 4 is 10.9 Å². The monoisotopic (exact) mass is 407 g/mol. The summed E-state index contributed by atoms with van der Waals surface area (Å²) in [6, 6.07) is 25.9. The summed E-state index contributed by atoms with van der Waals surface area (Å²) in [5, 5.41) is 0.